The van der Waals surface area contributed by atoms with Gasteiger partial charge in [0.1, 0.15) is 5.75 Å². The monoisotopic (exact) mass is 421 g/mol. The predicted molar refractivity (Wildman–Crippen MR) is 95.0 cm³/mol. The zero-order valence-corrected chi connectivity index (χ0v) is 15.0. The normalized spacial score (nSPS) is 12.2. The lowest BCUT2D eigenvalue weighted by Gasteiger charge is -2.07. The van der Waals surface area contributed by atoms with Gasteiger partial charge in [-0.3, -0.25) is 14.9 Å². The van der Waals surface area contributed by atoms with E-state index in [1.165, 1.54) is 25.5 Å². The molecule has 2 aromatic carbocycles. The van der Waals surface area contributed by atoms with Crippen LogP contribution in [0.5, 0.6) is 17.2 Å². The maximum absolute atomic E-state index is 12.3. The van der Waals surface area contributed by atoms with E-state index in [4.69, 9.17) is 14.2 Å². The molecule has 26 heavy (non-hydrogen) atoms. The molecule has 0 bridgehead atoms. The van der Waals surface area contributed by atoms with E-state index in [1.807, 2.05) is 0 Å². The first kappa shape index (κ1) is 17.7. The summed E-state index contributed by atoms with van der Waals surface area (Å²) < 4.78 is 16.1. The number of methoxy groups -OCH3 is 1. The van der Waals surface area contributed by atoms with Crippen LogP contribution in [0.4, 0.5) is 5.69 Å². The van der Waals surface area contributed by atoms with Gasteiger partial charge in [0.15, 0.2) is 11.5 Å². The number of rotatable bonds is 5. The molecule has 1 N–H and O–H groups in total. The van der Waals surface area contributed by atoms with E-state index >= 15 is 0 Å². The molecule has 3 rings (SSSR count). The summed E-state index contributed by atoms with van der Waals surface area (Å²) in [5, 5.41) is 15.0. The zero-order chi connectivity index (χ0) is 18.7. The second-order valence-corrected chi connectivity index (χ2v) is 5.98. The van der Waals surface area contributed by atoms with E-state index in [9.17, 15) is 14.9 Å². The topological polar surface area (TPSA) is 112 Å². The lowest BCUT2D eigenvalue weighted by Crippen LogP contribution is -2.18. The Morgan fingerprint density at radius 1 is 1.35 bits per heavy atom. The van der Waals surface area contributed by atoms with Gasteiger partial charge in [0, 0.05) is 4.47 Å². The van der Waals surface area contributed by atoms with Crippen LogP contribution in [0.2, 0.25) is 0 Å². The van der Waals surface area contributed by atoms with Gasteiger partial charge < -0.3 is 14.2 Å². The van der Waals surface area contributed by atoms with E-state index in [0.29, 0.717) is 16.0 Å². The van der Waals surface area contributed by atoms with Crippen molar-refractivity contribution in [2.75, 3.05) is 13.9 Å². The molecule has 1 heterocycles. The SMILES string of the molecule is COc1ccc(Br)cc1C(=O)N/N=C\c1cc2c(cc1[N+](=O)[O-])OCO2. The van der Waals surface area contributed by atoms with Crippen LogP contribution in [0.15, 0.2) is 39.9 Å². The smallest absolute Gasteiger partial charge is 0.282 e. The summed E-state index contributed by atoms with van der Waals surface area (Å²) in [6.07, 6.45) is 1.17. The molecule has 0 saturated carbocycles. The molecule has 0 unspecified atom stereocenters. The number of halogens is 1. The van der Waals surface area contributed by atoms with Crippen LogP contribution < -0.4 is 19.6 Å². The highest BCUT2D eigenvalue weighted by atomic mass is 79.9. The standard InChI is InChI=1S/C16H12BrN3O6/c1-24-13-3-2-10(17)5-11(13)16(21)19-18-7-9-4-14-15(26-8-25-14)6-12(9)20(22)23/h2-7H,8H2,1H3,(H,19,21)/b18-7-. The van der Waals surface area contributed by atoms with E-state index in [1.54, 1.807) is 18.2 Å². The molecule has 1 aliphatic heterocycles. The van der Waals surface area contributed by atoms with Gasteiger partial charge in [-0.05, 0) is 24.3 Å². The molecule has 0 radical (unpaired) electrons. The largest absolute Gasteiger partial charge is 0.496 e. The minimum absolute atomic E-state index is 0.00744. The Labute approximate surface area is 155 Å². The third kappa shape index (κ3) is 3.59. The first-order valence-corrected chi connectivity index (χ1v) is 8.04. The fraction of sp³-hybridized carbons (Fsp3) is 0.125. The fourth-order valence-electron chi connectivity index (χ4n) is 2.29. The van der Waals surface area contributed by atoms with Gasteiger partial charge >= 0.3 is 0 Å². The van der Waals surface area contributed by atoms with Crippen LogP contribution in [-0.2, 0) is 0 Å². The molecule has 0 aromatic heterocycles. The Kier molecular flexibility index (Phi) is 5.03. The van der Waals surface area contributed by atoms with E-state index in [2.05, 4.69) is 26.5 Å². The Bertz CT molecular complexity index is 915. The molecular formula is C16H12BrN3O6. The molecule has 0 saturated heterocycles. The molecule has 0 fully saturated rings. The molecular weight excluding hydrogens is 410 g/mol. The molecule has 9 nitrogen and oxygen atoms in total. The molecule has 0 aliphatic carbocycles. The van der Waals surface area contributed by atoms with Crippen molar-refractivity contribution < 1.29 is 23.9 Å². The van der Waals surface area contributed by atoms with E-state index < -0.39 is 10.8 Å². The fourth-order valence-corrected chi connectivity index (χ4v) is 2.65. The number of hydrogen-bond acceptors (Lipinski definition) is 7. The summed E-state index contributed by atoms with van der Waals surface area (Å²) in [5.74, 6) is 0.506. The second-order valence-electron chi connectivity index (χ2n) is 5.07. The van der Waals surface area contributed by atoms with Crippen LogP contribution >= 0.6 is 15.9 Å². The molecule has 0 spiro atoms. The van der Waals surface area contributed by atoms with Gasteiger partial charge in [0.2, 0.25) is 6.79 Å². The number of amides is 1. The van der Waals surface area contributed by atoms with Crippen molar-refractivity contribution in [1.29, 1.82) is 0 Å². The highest BCUT2D eigenvalue weighted by Crippen LogP contribution is 2.37. The van der Waals surface area contributed by atoms with Crippen molar-refractivity contribution in [3.63, 3.8) is 0 Å². The number of nitrogens with zero attached hydrogens (tertiary/aromatic N) is 2. The molecule has 1 amide bonds. The number of fused-ring (bicyclic) bond motifs is 1. The molecule has 0 atom stereocenters. The Morgan fingerprint density at radius 2 is 2.08 bits per heavy atom. The maximum Gasteiger partial charge on any atom is 0.282 e. The number of hydrogen-bond donors (Lipinski definition) is 1. The number of nitro groups is 1. The predicted octanol–water partition coefficient (Wildman–Crippen LogP) is 2.86. The van der Waals surface area contributed by atoms with Crippen LogP contribution in [-0.4, -0.2) is 30.9 Å². The third-order valence-electron chi connectivity index (χ3n) is 3.49. The summed E-state index contributed by atoms with van der Waals surface area (Å²) in [6, 6.07) is 7.62. The Balaban J connectivity index is 1.82. The van der Waals surface area contributed by atoms with Gasteiger partial charge in [-0.15, -0.1) is 0 Å². The van der Waals surface area contributed by atoms with Gasteiger partial charge in [0.25, 0.3) is 11.6 Å². The maximum atomic E-state index is 12.3. The van der Waals surface area contributed by atoms with Crippen molar-refractivity contribution in [2.24, 2.45) is 5.10 Å². The number of nitro benzene ring substituents is 1. The Morgan fingerprint density at radius 3 is 2.77 bits per heavy atom. The second kappa shape index (κ2) is 7.40. The highest BCUT2D eigenvalue weighted by molar-refractivity contribution is 9.10. The molecule has 134 valence electrons. The first-order valence-electron chi connectivity index (χ1n) is 7.24. The van der Waals surface area contributed by atoms with Crippen molar-refractivity contribution in [2.45, 2.75) is 0 Å². The van der Waals surface area contributed by atoms with Crippen molar-refractivity contribution in [3.05, 3.63) is 56.0 Å². The first-order chi connectivity index (χ1) is 12.5. The number of benzene rings is 2. The number of hydrazone groups is 1. The number of carbonyl (C=O) groups excluding carboxylic acids is 1. The van der Waals surface area contributed by atoms with Gasteiger partial charge in [-0.1, -0.05) is 15.9 Å². The lowest BCUT2D eigenvalue weighted by molar-refractivity contribution is -0.385. The molecule has 10 heteroatoms. The minimum atomic E-state index is -0.567. The number of ether oxygens (including phenoxy) is 3. The van der Waals surface area contributed by atoms with Crippen molar-refractivity contribution in [1.82, 2.24) is 5.43 Å². The minimum Gasteiger partial charge on any atom is -0.496 e. The zero-order valence-electron chi connectivity index (χ0n) is 13.4. The number of carbonyl (C=O) groups is 1. The van der Waals surface area contributed by atoms with Crippen LogP contribution in [0.1, 0.15) is 15.9 Å². The molecule has 2 aromatic rings. The lowest BCUT2D eigenvalue weighted by atomic mass is 10.1. The van der Waals surface area contributed by atoms with Crippen molar-refractivity contribution in [3.8, 4) is 17.2 Å². The summed E-state index contributed by atoms with van der Waals surface area (Å²) in [6.45, 7) is -0.00744. The van der Waals surface area contributed by atoms with Crippen LogP contribution in [0.25, 0.3) is 0 Å². The summed E-state index contributed by atoms with van der Waals surface area (Å²) in [4.78, 5) is 22.9. The molecule has 1 aliphatic rings. The van der Waals surface area contributed by atoms with Crippen LogP contribution in [0, 0.1) is 10.1 Å². The average molecular weight is 422 g/mol. The summed E-state index contributed by atoms with van der Waals surface area (Å²) in [5.41, 5.74) is 2.53. The van der Waals surface area contributed by atoms with E-state index in [0.717, 1.165) is 0 Å². The third-order valence-corrected chi connectivity index (χ3v) is 3.99. The van der Waals surface area contributed by atoms with Gasteiger partial charge in [-0.2, -0.15) is 5.10 Å². The van der Waals surface area contributed by atoms with E-state index in [-0.39, 0.29) is 29.4 Å². The average Bonchev–Trinajstić information content (AvgIpc) is 3.08. The summed E-state index contributed by atoms with van der Waals surface area (Å²) >= 11 is 3.28. The number of nitrogens with one attached hydrogen (secondary N) is 1. The van der Waals surface area contributed by atoms with Crippen LogP contribution in [0.3, 0.4) is 0 Å². The quantitative estimate of drug-likeness (QED) is 0.451. The van der Waals surface area contributed by atoms with Crippen molar-refractivity contribution >= 4 is 33.7 Å². The highest BCUT2D eigenvalue weighted by Gasteiger charge is 2.22. The van der Waals surface area contributed by atoms with Gasteiger partial charge in [-0.25, -0.2) is 5.43 Å². The Hall–Kier alpha value is -3.14. The summed E-state index contributed by atoms with van der Waals surface area (Å²) in [7, 11) is 1.44. The van der Waals surface area contributed by atoms with Gasteiger partial charge in [0.05, 0.1) is 35.4 Å².